The smallest absolute Gasteiger partial charge is 0.328 e. The van der Waals surface area contributed by atoms with Gasteiger partial charge in [0.1, 0.15) is 6.10 Å². The number of hydrogen-bond acceptors (Lipinski definition) is 4. The summed E-state index contributed by atoms with van der Waals surface area (Å²) in [5.41, 5.74) is 0. The van der Waals surface area contributed by atoms with Crippen molar-refractivity contribution in [1.29, 1.82) is 0 Å². The predicted molar refractivity (Wildman–Crippen MR) is 82.6 cm³/mol. The molecule has 1 aliphatic rings. The zero-order valence-electron chi connectivity index (χ0n) is 13.3. The van der Waals surface area contributed by atoms with Gasteiger partial charge in [0.25, 0.3) is 0 Å². The van der Waals surface area contributed by atoms with Crippen molar-refractivity contribution in [2.75, 3.05) is 13.2 Å². The lowest BCUT2D eigenvalue weighted by Crippen LogP contribution is -2.49. The molecule has 0 aromatic carbocycles. The molecule has 0 saturated heterocycles. The largest absolute Gasteiger partial charge is 0.480 e. The first-order chi connectivity index (χ1) is 10.6. The first kappa shape index (κ1) is 18.6. The van der Waals surface area contributed by atoms with Gasteiger partial charge in [-0.05, 0) is 19.3 Å². The highest BCUT2D eigenvalue weighted by atomic mass is 16.5. The van der Waals surface area contributed by atoms with E-state index in [0.29, 0.717) is 6.42 Å². The van der Waals surface area contributed by atoms with Crippen LogP contribution in [0.1, 0.15) is 45.4 Å². The Morgan fingerprint density at radius 1 is 1.36 bits per heavy atom. The maximum Gasteiger partial charge on any atom is 0.328 e. The van der Waals surface area contributed by atoms with Crippen LogP contribution < -0.4 is 5.32 Å². The molecule has 1 saturated carbocycles. The van der Waals surface area contributed by atoms with E-state index in [2.05, 4.69) is 11.9 Å². The molecule has 0 spiro atoms. The molecule has 0 radical (unpaired) electrons. The molecular weight excluding hydrogens is 286 g/mol. The Balaban J connectivity index is 2.49. The minimum Gasteiger partial charge on any atom is -0.480 e. The van der Waals surface area contributed by atoms with Gasteiger partial charge in [-0.2, -0.15) is 0 Å². The summed E-state index contributed by atoms with van der Waals surface area (Å²) in [6.45, 7) is 5.50. The third-order valence-electron chi connectivity index (χ3n) is 3.71. The van der Waals surface area contributed by atoms with Gasteiger partial charge in [0.2, 0.25) is 5.91 Å². The first-order valence-corrected chi connectivity index (χ1v) is 7.95. The number of carboxylic acid groups (broad SMARTS) is 1. The summed E-state index contributed by atoms with van der Waals surface area (Å²) in [7, 11) is 0. The number of aliphatic carboxylic acids is 1. The SMILES string of the molecule is C=CCOCC(NC(=O)C(CC)OC1CCCCC1)C(=O)O. The molecule has 126 valence electrons. The fraction of sp³-hybridized carbons (Fsp3) is 0.750. The molecule has 2 N–H and O–H groups in total. The van der Waals surface area contributed by atoms with Gasteiger partial charge in [0.05, 0.1) is 19.3 Å². The van der Waals surface area contributed by atoms with Gasteiger partial charge in [-0.15, -0.1) is 6.58 Å². The normalized spacial score (nSPS) is 18.4. The summed E-state index contributed by atoms with van der Waals surface area (Å²) >= 11 is 0. The fourth-order valence-electron chi connectivity index (χ4n) is 2.49. The van der Waals surface area contributed by atoms with Crippen molar-refractivity contribution < 1.29 is 24.2 Å². The van der Waals surface area contributed by atoms with E-state index < -0.39 is 18.1 Å². The molecule has 0 aromatic rings. The Kier molecular flexibility index (Phi) is 8.77. The van der Waals surface area contributed by atoms with Crippen LogP contribution in [-0.2, 0) is 19.1 Å². The number of amides is 1. The van der Waals surface area contributed by atoms with Crippen LogP contribution in [0.4, 0.5) is 0 Å². The van der Waals surface area contributed by atoms with Crippen LogP contribution in [0.3, 0.4) is 0 Å². The minimum absolute atomic E-state index is 0.0903. The van der Waals surface area contributed by atoms with Crippen molar-refractivity contribution >= 4 is 11.9 Å². The minimum atomic E-state index is -1.12. The lowest BCUT2D eigenvalue weighted by atomic mass is 9.97. The fourth-order valence-corrected chi connectivity index (χ4v) is 2.49. The maximum absolute atomic E-state index is 12.2. The molecule has 2 unspecified atom stereocenters. The summed E-state index contributed by atoms with van der Waals surface area (Å²) in [6.07, 6.45) is 6.93. The van der Waals surface area contributed by atoms with E-state index in [1.54, 1.807) is 0 Å². The molecule has 22 heavy (non-hydrogen) atoms. The first-order valence-electron chi connectivity index (χ1n) is 7.95. The highest BCUT2D eigenvalue weighted by Gasteiger charge is 2.27. The molecule has 1 fully saturated rings. The van der Waals surface area contributed by atoms with Crippen molar-refractivity contribution in [3.05, 3.63) is 12.7 Å². The summed E-state index contributed by atoms with van der Waals surface area (Å²) in [4.78, 5) is 23.4. The third kappa shape index (κ3) is 6.58. The van der Waals surface area contributed by atoms with Crippen LogP contribution in [0.25, 0.3) is 0 Å². The quantitative estimate of drug-likeness (QED) is 0.475. The lowest BCUT2D eigenvalue weighted by molar-refractivity contribution is -0.148. The van der Waals surface area contributed by atoms with E-state index in [1.807, 2.05) is 6.92 Å². The number of hydrogen-bond donors (Lipinski definition) is 2. The van der Waals surface area contributed by atoms with Gasteiger partial charge in [-0.3, -0.25) is 4.79 Å². The van der Waals surface area contributed by atoms with Crippen LogP contribution in [0.15, 0.2) is 12.7 Å². The number of carbonyl (C=O) groups excluding carboxylic acids is 1. The van der Waals surface area contributed by atoms with E-state index in [9.17, 15) is 9.59 Å². The van der Waals surface area contributed by atoms with Gasteiger partial charge >= 0.3 is 5.97 Å². The molecule has 1 rings (SSSR count). The van der Waals surface area contributed by atoms with Crippen LogP contribution in [0.5, 0.6) is 0 Å². The van der Waals surface area contributed by atoms with Crippen molar-refractivity contribution in [3.8, 4) is 0 Å². The second-order valence-electron chi connectivity index (χ2n) is 5.52. The highest BCUT2D eigenvalue weighted by Crippen LogP contribution is 2.22. The van der Waals surface area contributed by atoms with E-state index in [4.69, 9.17) is 14.6 Å². The Morgan fingerprint density at radius 3 is 2.59 bits per heavy atom. The molecule has 0 bridgehead atoms. The van der Waals surface area contributed by atoms with Gasteiger partial charge in [-0.1, -0.05) is 32.3 Å². The Labute approximate surface area is 131 Å². The van der Waals surface area contributed by atoms with Gasteiger partial charge < -0.3 is 19.9 Å². The Bertz CT molecular complexity index is 366. The number of carboxylic acids is 1. The Morgan fingerprint density at radius 2 is 2.05 bits per heavy atom. The molecule has 0 heterocycles. The topological polar surface area (TPSA) is 84.9 Å². The molecule has 6 heteroatoms. The lowest BCUT2D eigenvalue weighted by Gasteiger charge is -2.27. The molecule has 1 amide bonds. The van der Waals surface area contributed by atoms with E-state index in [0.717, 1.165) is 25.7 Å². The van der Waals surface area contributed by atoms with Gasteiger partial charge in [0, 0.05) is 0 Å². The predicted octanol–water partition coefficient (Wildman–Crippen LogP) is 1.89. The number of ether oxygens (including phenoxy) is 2. The third-order valence-corrected chi connectivity index (χ3v) is 3.71. The summed E-state index contributed by atoms with van der Waals surface area (Å²) in [5.74, 6) is -1.51. The van der Waals surface area contributed by atoms with Crippen LogP contribution in [0.2, 0.25) is 0 Å². The number of rotatable bonds is 10. The van der Waals surface area contributed by atoms with Crippen molar-refractivity contribution in [2.24, 2.45) is 0 Å². The summed E-state index contributed by atoms with van der Waals surface area (Å²) < 4.78 is 11.0. The molecule has 6 nitrogen and oxygen atoms in total. The number of nitrogens with one attached hydrogen (secondary N) is 1. The standard InChI is InChI=1S/C16H27NO5/c1-3-10-21-11-13(16(19)20)17-15(18)14(4-2)22-12-8-6-5-7-9-12/h3,12-14H,1,4-11H2,2H3,(H,17,18)(H,19,20). The van der Waals surface area contributed by atoms with Crippen LogP contribution >= 0.6 is 0 Å². The van der Waals surface area contributed by atoms with Crippen molar-refractivity contribution in [1.82, 2.24) is 5.32 Å². The van der Waals surface area contributed by atoms with Crippen molar-refractivity contribution in [3.63, 3.8) is 0 Å². The molecule has 0 aromatic heterocycles. The maximum atomic E-state index is 12.2. The van der Waals surface area contributed by atoms with Crippen molar-refractivity contribution in [2.45, 2.75) is 63.7 Å². The van der Waals surface area contributed by atoms with Gasteiger partial charge in [-0.25, -0.2) is 4.79 Å². The molecule has 2 atom stereocenters. The zero-order valence-corrected chi connectivity index (χ0v) is 13.3. The van der Waals surface area contributed by atoms with E-state index >= 15 is 0 Å². The number of carbonyl (C=O) groups is 2. The average molecular weight is 313 g/mol. The molecule has 0 aliphatic heterocycles. The van der Waals surface area contributed by atoms with Gasteiger partial charge in [0.15, 0.2) is 6.04 Å². The van der Waals surface area contributed by atoms with Crippen LogP contribution in [0, 0.1) is 0 Å². The second-order valence-corrected chi connectivity index (χ2v) is 5.52. The monoisotopic (exact) mass is 313 g/mol. The summed E-state index contributed by atoms with van der Waals surface area (Å²) in [6, 6.07) is -1.07. The highest BCUT2D eigenvalue weighted by molar-refractivity contribution is 5.86. The second kappa shape index (κ2) is 10.3. The average Bonchev–Trinajstić information content (AvgIpc) is 2.52. The van der Waals surface area contributed by atoms with E-state index in [-0.39, 0.29) is 25.2 Å². The molecule has 1 aliphatic carbocycles. The summed E-state index contributed by atoms with van der Waals surface area (Å²) in [5, 5.41) is 11.6. The Hall–Kier alpha value is -1.40. The van der Waals surface area contributed by atoms with E-state index in [1.165, 1.54) is 12.5 Å². The van der Waals surface area contributed by atoms with Crippen LogP contribution in [-0.4, -0.2) is 48.4 Å². The molecular formula is C16H27NO5. The zero-order chi connectivity index (χ0) is 16.4.